The summed E-state index contributed by atoms with van der Waals surface area (Å²) in [4.78, 5) is 61.7. The summed E-state index contributed by atoms with van der Waals surface area (Å²) in [6.45, 7) is 3.12. The average molecular weight is 808 g/mol. The molecule has 10 rings (SSSR count). The van der Waals surface area contributed by atoms with Crippen LogP contribution in [0.5, 0.6) is 0 Å². The molecule has 1 saturated carbocycles. The number of amides is 3. The van der Waals surface area contributed by atoms with E-state index in [9.17, 15) is 19.2 Å². The van der Waals surface area contributed by atoms with Crippen LogP contribution in [0.4, 0.5) is 31.7 Å². The molecular weight excluding hydrogens is 761 g/mol. The molecule has 2 unspecified atom stereocenters. The molecule has 59 heavy (non-hydrogen) atoms. The zero-order valence-electron chi connectivity index (χ0n) is 33.1. The van der Waals surface area contributed by atoms with Crippen LogP contribution in [-0.4, -0.2) is 105 Å². The highest BCUT2D eigenvalue weighted by molar-refractivity contribution is 6.00. The number of likely N-dealkylation sites (tertiary alicyclic amines) is 1. The van der Waals surface area contributed by atoms with Gasteiger partial charge in [0.1, 0.15) is 6.04 Å². The third kappa shape index (κ3) is 6.49. The maximum Gasteiger partial charge on any atom is 0.329 e. The van der Waals surface area contributed by atoms with Gasteiger partial charge in [0.25, 0.3) is 11.8 Å². The Kier molecular flexibility index (Phi) is 8.99. The summed E-state index contributed by atoms with van der Waals surface area (Å²) < 4.78 is 36.6. The second kappa shape index (κ2) is 14.2. The maximum atomic E-state index is 16.1. The van der Waals surface area contributed by atoms with E-state index in [4.69, 9.17) is 5.10 Å². The number of imidazole rings is 2. The van der Waals surface area contributed by atoms with Gasteiger partial charge in [-0.2, -0.15) is 0 Å². The van der Waals surface area contributed by atoms with Crippen molar-refractivity contribution in [1.82, 2.24) is 39.3 Å². The van der Waals surface area contributed by atoms with E-state index < -0.39 is 29.5 Å². The molecule has 2 aromatic carbocycles. The summed E-state index contributed by atoms with van der Waals surface area (Å²) in [7, 11) is 3.41. The molecule has 0 bridgehead atoms. The molecular formula is C42H47F2N11O4. The minimum atomic E-state index is -2.98. The number of aryl methyl sites for hydroxylation is 1. The number of aromatic nitrogens is 5. The molecule has 15 nitrogen and oxygen atoms in total. The van der Waals surface area contributed by atoms with E-state index in [0.717, 1.165) is 68.2 Å². The Morgan fingerprint density at radius 1 is 0.966 bits per heavy atom. The van der Waals surface area contributed by atoms with E-state index in [0.29, 0.717) is 41.0 Å². The fraction of sp³-hybridized carbons (Fsp3) is 0.476. The molecule has 5 aromatic rings. The number of anilines is 4. The predicted octanol–water partition coefficient (Wildman–Crippen LogP) is 3.94. The van der Waals surface area contributed by atoms with Gasteiger partial charge in [0.05, 0.1) is 35.4 Å². The van der Waals surface area contributed by atoms with E-state index in [2.05, 4.69) is 48.9 Å². The lowest BCUT2D eigenvalue weighted by Gasteiger charge is -2.39. The molecule has 0 spiro atoms. The van der Waals surface area contributed by atoms with Gasteiger partial charge in [-0.1, -0.05) is 12.1 Å². The monoisotopic (exact) mass is 807 g/mol. The molecule has 1 aliphatic carbocycles. The Morgan fingerprint density at radius 2 is 1.80 bits per heavy atom. The highest BCUT2D eigenvalue weighted by Gasteiger charge is 2.46. The van der Waals surface area contributed by atoms with Crippen molar-refractivity contribution in [2.24, 2.45) is 13.0 Å². The summed E-state index contributed by atoms with van der Waals surface area (Å²) in [6, 6.07) is 12.7. The van der Waals surface area contributed by atoms with E-state index in [1.807, 2.05) is 18.0 Å². The number of carbonyl (C=O) groups is 3. The van der Waals surface area contributed by atoms with Gasteiger partial charge in [0, 0.05) is 75.7 Å². The number of carbonyl (C=O) groups excluding carboxylic acids is 3. The zero-order chi connectivity index (χ0) is 40.7. The van der Waals surface area contributed by atoms with Crippen LogP contribution in [0.15, 0.2) is 53.5 Å². The Labute approximate surface area is 338 Å². The van der Waals surface area contributed by atoms with Crippen molar-refractivity contribution in [1.29, 1.82) is 0 Å². The number of halogens is 2. The summed E-state index contributed by atoms with van der Waals surface area (Å²) in [5.41, 5.74) is 6.24. The normalized spacial score (nSPS) is 23.3. The number of benzene rings is 2. The van der Waals surface area contributed by atoms with Crippen LogP contribution in [0.25, 0.3) is 16.7 Å². The van der Waals surface area contributed by atoms with E-state index in [1.165, 1.54) is 14.7 Å². The number of hydrogen-bond donors (Lipinski definition) is 3. The van der Waals surface area contributed by atoms with Crippen LogP contribution in [0.3, 0.4) is 0 Å². The van der Waals surface area contributed by atoms with Gasteiger partial charge in [-0.15, -0.1) is 5.10 Å². The number of hydrogen-bond acceptors (Lipinski definition) is 10. The first kappa shape index (κ1) is 37.4. The quantitative estimate of drug-likeness (QED) is 0.187. The lowest BCUT2D eigenvalue weighted by Crippen LogP contribution is -2.49. The summed E-state index contributed by atoms with van der Waals surface area (Å²) in [5, 5.41) is 13.5. The van der Waals surface area contributed by atoms with Gasteiger partial charge < -0.3 is 20.4 Å². The van der Waals surface area contributed by atoms with Crippen molar-refractivity contribution in [3.63, 3.8) is 0 Å². The summed E-state index contributed by atoms with van der Waals surface area (Å²) in [5.74, 6) is -4.13. The Morgan fingerprint density at radius 3 is 2.58 bits per heavy atom. The minimum absolute atomic E-state index is 0.125. The topological polar surface area (TPSA) is 154 Å². The molecule has 17 heteroatoms. The summed E-state index contributed by atoms with van der Waals surface area (Å²) >= 11 is 0. The van der Waals surface area contributed by atoms with Crippen molar-refractivity contribution in [2.75, 3.05) is 61.4 Å². The van der Waals surface area contributed by atoms with Crippen LogP contribution in [0.1, 0.15) is 72.1 Å². The smallest absolute Gasteiger partial charge is 0.329 e. The van der Waals surface area contributed by atoms with Crippen molar-refractivity contribution >= 4 is 57.3 Å². The molecule has 7 heterocycles. The first-order chi connectivity index (χ1) is 28.5. The summed E-state index contributed by atoms with van der Waals surface area (Å²) in [6.07, 6.45) is 5.88. The third-order valence-electron chi connectivity index (χ3n) is 13.0. The standard InChI is InChI=1S/C42H47F2N11O4/c1-45-29-19-36(49-55-35(20-46-38(29)55)40(58)47-26-7-8-26)53-17-13-27-30(4-3-5-31(27)53)52-16-12-24(22-52)21-51-15-14-28(42(43,44)23-51)25-6-9-32-34(18-25)50(2)41(59)54(32)33-10-11-37(56)48-39(33)57/h3-6,9,18-20,24,26,28,33,45H,7-8,10-17,21-23H2,1-2H3,(H,47,58)(H,48,56,57)/t24-,28?,33?/m1/s1. The Bertz CT molecular complexity index is 2600. The van der Waals surface area contributed by atoms with Crippen LogP contribution in [-0.2, 0) is 23.1 Å². The molecule has 3 N–H and O–H groups in total. The second-order valence-electron chi connectivity index (χ2n) is 16.8. The predicted molar refractivity (Wildman–Crippen MR) is 218 cm³/mol. The second-order valence-corrected chi connectivity index (χ2v) is 16.8. The van der Waals surface area contributed by atoms with Gasteiger partial charge in [0.15, 0.2) is 17.2 Å². The molecule has 3 amide bonds. The van der Waals surface area contributed by atoms with Crippen LogP contribution < -0.4 is 31.4 Å². The van der Waals surface area contributed by atoms with Crippen molar-refractivity contribution < 1.29 is 23.2 Å². The van der Waals surface area contributed by atoms with Crippen molar-refractivity contribution in [3.8, 4) is 0 Å². The molecule has 308 valence electrons. The van der Waals surface area contributed by atoms with Crippen molar-refractivity contribution in [3.05, 3.63) is 76.0 Å². The largest absolute Gasteiger partial charge is 0.385 e. The Hall–Kier alpha value is -5.84. The van der Waals surface area contributed by atoms with Gasteiger partial charge in [-0.25, -0.2) is 23.1 Å². The number of nitrogens with zero attached hydrogens (tertiary/aromatic N) is 8. The maximum absolute atomic E-state index is 16.1. The van der Waals surface area contributed by atoms with Gasteiger partial charge in [-0.05, 0) is 80.8 Å². The molecule has 4 aliphatic heterocycles. The lowest BCUT2D eigenvalue weighted by molar-refractivity contribution is -0.135. The third-order valence-corrected chi connectivity index (χ3v) is 13.0. The number of nitrogens with one attached hydrogen (secondary N) is 3. The average Bonchev–Trinajstić information content (AvgIpc) is 3.51. The fourth-order valence-electron chi connectivity index (χ4n) is 9.83. The highest BCUT2D eigenvalue weighted by Crippen LogP contribution is 2.44. The van der Waals surface area contributed by atoms with E-state index in [-0.39, 0.29) is 49.6 Å². The fourth-order valence-corrected chi connectivity index (χ4v) is 9.83. The lowest BCUT2D eigenvalue weighted by atomic mass is 9.85. The van der Waals surface area contributed by atoms with Crippen LogP contribution >= 0.6 is 0 Å². The number of fused-ring (bicyclic) bond motifs is 3. The minimum Gasteiger partial charge on any atom is -0.385 e. The van der Waals surface area contributed by atoms with E-state index >= 15 is 8.78 Å². The van der Waals surface area contributed by atoms with Crippen LogP contribution in [0.2, 0.25) is 0 Å². The number of imide groups is 1. The SMILES string of the molecule is CNc1cc(N2CCc3c(N4CC[C@H](CN5CCC(c6ccc7c(c6)n(C)c(=O)n7C6CCC(=O)NC6=O)C(F)(F)C5)C4)cccc32)nn2c(C(=O)NC3CC3)cnc12. The first-order valence-electron chi connectivity index (χ1n) is 20.6. The highest BCUT2D eigenvalue weighted by atomic mass is 19.3. The number of alkyl halides is 2. The molecule has 3 saturated heterocycles. The van der Waals surface area contributed by atoms with Gasteiger partial charge >= 0.3 is 5.69 Å². The Balaban J connectivity index is 0.817. The molecule has 3 atom stereocenters. The first-order valence-corrected chi connectivity index (χ1v) is 20.6. The van der Waals surface area contributed by atoms with Crippen molar-refractivity contribution in [2.45, 2.75) is 68.9 Å². The number of rotatable bonds is 9. The van der Waals surface area contributed by atoms with Gasteiger partial charge in [-0.3, -0.25) is 33.7 Å². The van der Waals surface area contributed by atoms with Crippen LogP contribution in [0, 0.1) is 5.92 Å². The molecule has 4 fully saturated rings. The molecule has 0 radical (unpaired) electrons. The number of piperidine rings is 2. The zero-order valence-corrected chi connectivity index (χ0v) is 33.1. The van der Waals surface area contributed by atoms with Gasteiger partial charge in [0.2, 0.25) is 11.8 Å². The van der Waals surface area contributed by atoms with E-state index in [1.54, 1.807) is 36.0 Å². The molecule has 3 aromatic heterocycles. The molecule has 5 aliphatic rings.